The summed E-state index contributed by atoms with van der Waals surface area (Å²) in [7, 11) is 0. The lowest BCUT2D eigenvalue weighted by Crippen LogP contribution is -2.11. The maximum absolute atomic E-state index is 12.0. The predicted octanol–water partition coefficient (Wildman–Crippen LogP) is 4.30. The van der Waals surface area contributed by atoms with Gasteiger partial charge in [0.05, 0.1) is 10.7 Å². The number of benzene rings is 1. The highest BCUT2D eigenvalue weighted by atomic mass is 35.5. The number of fused-ring (bicyclic) bond motifs is 1. The van der Waals surface area contributed by atoms with Gasteiger partial charge in [-0.2, -0.15) is 0 Å². The summed E-state index contributed by atoms with van der Waals surface area (Å²) in [5.41, 5.74) is 3.05. The molecule has 1 amide bonds. The van der Waals surface area contributed by atoms with Crippen LogP contribution in [0.4, 0.5) is 5.69 Å². The van der Waals surface area contributed by atoms with E-state index in [0.29, 0.717) is 16.4 Å². The minimum atomic E-state index is -0.229. The fourth-order valence-electron chi connectivity index (χ4n) is 2.29. The van der Waals surface area contributed by atoms with Crippen molar-refractivity contribution in [1.82, 2.24) is 14.4 Å². The average molecular weight is 343 g/mol. The van der Waals surface area contributed by atoms with E-state index in [1.807, 2.05) is 46.4 Å². The van der Waals surface area contributed by atoms with Gasteiger partial charge in [0.1, 0.15) is 5.69 Å². The number of rotatable bonds is 3. The number of hydrogen-bond acceptors (Lipinski definition) is 3. The Balaban J connectivity index is 1.53. The summed E-state index contributed by atoms with van der Waals surface area (Å²) in [6.45, 7) is 0. The van der Waals surface area contributed by atoms with Crippen molar-refractivity contribution in [3.05, 3.63) is 65.0 Å². The summed E-state index contributed by atoms with van der Waals surface area (Å²) in [6.07, 6.45) is 5.54. The SMILES string of the molecule is O=C(Nc1ccc(-c2cn3ccsc3n2)cc1)c1cc(Cl)c[nH]1. The molecule has 114 valence electrons. The van der Waals surface area contributed by atoms with Crippen molar-refractivity contribution in [3.8, 4) is 11.3 Å². The number of nitrogens with one attached hydrogen (secondary N) is 2. The van der Waals surface area contributed by atoms with Crippen molar-refractivity contribution >= 4 is 39.5 Å². The second-order valence-electron chi connectivity index (χ2n) is 4.98. The van der Waals surface area contributed by atoms with Crippen molar-refractivity contribution in [1.29, 1.82) is 0 Å². The summed E-state index contributed by atoms with van der Waals surface area (Å²) in [4.78, 5) is 20.4. The Bertz CT molecular complexity index is 955. The van der Waals surface area contributed by atoms with Gasteiger partial charge in [0.2, 0.25) is 0 Å². The van der Waals surface area contributed by atoms with Crippen molar-refractivity contribution < 1.29 is 4.79 Å². The highest BCUT2D eigenvalue weighted by Crippen LogP contribution is 2.23. The number of carbonyl (C=O) groups is 1. The number of amides is 1. The second-order valence-corrected chi connectivity index (χ2v) is 6.29. The van der Waals surface area contributed by atoms with Crippen LogP contribution in [0.3, 0.4) is 0 Å². The van der Waals surface area contributed by atoms with Gasteiger partial charge in [0.15, 0.2) is 4.96 Å². The summed E-state index contributed by atoms with van der Waals surface area (Å²) >= 11 is 7.40. The van der Waals surface area contributed by atoms with Gasteiger partial charge in [0.25, 0.3) is 5.91 Å². The van der Waals surface area contributed by atoms with Gasteiger partial charge >= 0.3 is 0 Å². The van der Waals surface area contributed by atoms with Gasteiger partial charge in [0, 0.05) is 35.2 Å². The monoisotopic (exact) mass is 342 g/mol. The highest BCUT2D eigenvalue weighted by Gasteiger charge is 2.09. The van der Waals surface area contributed by atoms with Crippen LogP contribution in [0.2, 0.25) is 5.02 Å². The number of H-pyrrole nitrogens is 1. The third-order valence-corrected chi connectivity index (χ3v) is 4.41. The minimum absolute atomic E-state index is 0.229. The molecule has 5 nitrogen and oxygen atoms in total. The first kappa shape index (κ1) is 14.0. The number of anilines is 1. The van der Waals surface area contributed by atoms with Gasteiger partial charge in [-0.25, -0.2) is 4.98 Å². The summed E-state index contributed by atoms with van der Waals surface area (Å²) < 4.78 is 1.99. The molecule has 0 aliphatic carbocycles. The molecule has 0 aliphatic rings. The van der Waals surface area contributed by atoms with Gasteiger partial charge in [-0.15, -0.1) is 11.3 Å². The molecule has 0 saturated heterocycles. The van der Waals surface area contributed by atoms with Crippen LogP contribution in [0.15, 0.2) is 54.3 Å². The number of halogens is 1. The molecule has 2 N–H and O–H groups in total. The van der Waals surface area contributed by atoms with Crippen LogP contribution >= 0.6 is 22.9 Å². The fourth-order valence-corrected chi connectivity index (χ4v) is 3.15. The Morgan fingerprint density at radius 2 is 2.13 bits per heavy atom. The van der Waals surface area contributed by atoms with Gasteiger partial charge < -0.3 is 10.3 Å². The standard InChI is InChI=1S/C16H11ClN4OS/c17-11-7-13(18-8-11)15(22)19-12-3-1-10(2-4-12)14-9-21-5-6-23-16(21)20-14/h1-9,18H,(H,19,22). The van der Waals surface area contributed by atoms with Crippen LogP contribution in [0.5, 0.6) is 0 Å². The van der Waals surface area contributed by atoms with Crippen LogP contribution < -0.4 is 5.32 Å². The molecule has 23 heavy (non-hydrogen) atoms. The molecule has 0 saturated carbocycles. The van der Waals surface area contributed by atoms with Crippen LogP contribution in [0, 0.1) is 0 Å². The molecule has 0 unspecified atom stereocenters. The Labute approximate surface area is 140 Å². The van der Waals surface area contributed by atoms with E-state index in [-0.39, 0.29) is 5.91 Å². The van der Waals surface area contributed by atoms with Crippen molar-refractivity contribution in [3.63, 3.8) is 0 Å². The summed E-state index contributed by atoms with van der Waals surface area (Å²) in [5, 5.41) is 5.32. The topological polar surface area (TPSA) is 62.2 Å². The fraction of sp³-hybridized carbons (Fsp3) is 0. The van der Waals surface area contributed by atoms with Crippen molar-refractivity contribution in [2.45, 2.75) is 0 Å². The molecule has 0 fully saturated rings. The smallest absolute Gasteiger partial charge is 0.272 e. The van der Waals surface area contributed by atoms with E-state index < -0.39 is 0 Å². The molecule has 3 heterocycles. The van der Waals surface area contributed by atoms with E-state index in [0.717, 1.165) is 16.2 Å². The maximum Gasteiger partial charge on any atom is 0.272 e. The van der Waals surface area contributed by atoms with Crippen LogP contribution in [-0.4, -0.2) is 20.3 Å². The molecule has 0 bridgehead atoms. The zero-order chi connectivity index (χ0) is 15.8. The normalized spacial score (nSPS) is 11.0. The first-order valence-corrected chi connectivity index (χ1v) is 8.13. The molecule has 0 radical (unpaired) electrons. The van der Waals surface area contributed by atoms with Crippen LogP contribution in [0.1, 0.15) is 10.5 Å². The lowest BCUT2D eigenvalue weighted by Gasteiger charge is -2.04. The minimum Gasteiger partial charge on any atom is -0.356 e. The number of nitrogens with zero attached hydrogens (tertiary/aromatic N) is 2. The molecule has 4 aromatic rings. The quantitative estimate of drug-likeness (QED) is 0.583. The van der Waals surface area contributed by atoms with Gasteiger partial charge in [-0.05, 0) is 18.2 Å². The first-order chi connectivity index (χ1) is 11.2. The Hall–Kier alpha value is -2.57. The third-order valence-electron chi connectivity index (χ3n) is 3.42. The van der Waals surface area contributed by atoms with E-state index in [1.54, 1.807) is 23.6 Å². The molecular weight excluding hydrogens is 332 g/mol. The Morgan fingerprint density at radius 3 is 2.83 bits per heavy atom. The zero-order valence-electron chi connectivity index (χ0n) is 11.8. The second kappa shape index (κ2) is 5.57. The number of imidazole rings is 1. The Kier molecular flexibility index (Phi) is 3.40. The summed E-state index contributed by atoms with van der Waals surface area (Å²) in [5.74, 6) is -0.229. The first-order valence-electron chi connectivity index (χ1n) is 6.87. The molecule has 7 heteroatoms. The molecule has 4 rings (SSSR count). The molecule has 1 aromatic carbocycles. The van der Waals surface area contributed by atoms with Crippen LogP contribution in [0.25, 0.3) is 16.2 Å². The van der Waals surface area contributed by atoms with E-state index >= 15 is 0 Å². The lowest BCUT2D eigenvalue weighted by molar-refractivity contribution is 0.102. The van der Waals surface area contributed by atoms with Crippen molar-refractivity contribution in [2.75, 3.05) is 5.32 Å². The average Bonchev–Trinajstić information content (AvgIpc) is 3.23. The lowest BCUT2D eigenvalue weighted by atomic mass is 10.1. The van der Waals surface area contributed by atoms with E-state index in [9.17, 15) is 4.79 Å². The van der Waals surface area contributed by atoms with Crippen molar-refractivity contribution in [2.24, 2.45) is 0 Å². The van der Waals surface area contributed by atoms with Gasteiger partial charge in [-0.1, -0.05) is 23.7 Å². The largest absolute Gasteiger partial charge is 0.356 e. The number of hydrogen-bond donors (Lipinski definition) is 2. The molecule has 0 spiro atoms. The Morgan fingerprint density at radius 1 is 1.30 bits per heavy atom. The van der Waals surface area contributed by atoms with E-state index in [1.165, 1.54) is 0 Å². The molecule has 0 aliphatic heterocycles. The summed E-state index contributed by atoms with van der Waals surface area (Å²) in [6, 6.07) is 9.16. The van der Waals surface area contributed by atoms with E-state index in [4.69, 9.17) is 11.6 Å². The van der Waals surface area contributed by atoms with E-state index in [2.05, 4.69) is 15.3 Å². The number of thiazole rings is 1. The van der Waals surface area contributed by atoms with Gasteiger partial charge in [-0.3, -0.25) is 9.20 Å². The zero-order valence-corrected chi connectivity index (χ0v) is 13.4. The maximum atomic E-state index is 12.0. The van der Waals surface area contributed by atoms with Crippen LogP contribution in [-0.2, 0) is 0 Å². The highest BCUT2D eigenvalue weighted by molar-refractivity contribution is 7.15. The number of aromatic amines is 1. The predicted molar refractivity (Wildman–Crippen MR) is 92.3 cm³/mol. The molecule has 0 atom stereocenters. The number of carbonyl (C=O) groups excluding carboxylic acids is 1. The number of aromatic nitrogens is 3. The third kappa shape index (κ3) is 2.74. The molecule has 3 aromatic heterocycles. The molecular formula is C16H11ClN4OS.